The molecule has 0 radical (unpaired) electrons. The number of hydrogen-bond acceptors (Lipinski definition) is 5. The molecule has 0 bridgehead atoms. The van der Waals surface area contributed by atoms with E-state index < -0.39 is 10.8 Å². The number of rotatable bonds is 6. The van der Waals surface area contributed by atoms with Gasteiger partial charge in [0.05, 0.1) is 16.5 Å². The van der Waals surface area contributed by atoms with E-state index in [2.05, 4.69) is 10.3 Å². The number of fused-ring (bicyclic) bond motifs is 2. The van der Waals surface area contributed by atoms with E-state index in [1.807, 2.05) is 35.0 Å². The van der Waals surface area contributed by atoms with Crippen molar-refractivity contribution in [2.24, 2.45) is 4.99 Å². The summed E-state index contributed by atoms with van der Waals surface area (Å²) in [6, 6.07) is 5.99. The Hall–Kier alpha value is -2.22. The third-order valence-electron chi connectivity index (χ3n) is 6.02. The number of nitrogens with one attached hydrogen (secondary N) is 1. The minimum absolute atomic E-state index is 0.0526. The lowest BCUT2D eigenvalue weighted by molar-refractivity contribution is -0.132. The van der Waals surface area contributed by atoms with Gasteiger partial charge in [-0.3, -0.25) is 19.1 Å². The van der Waals surface area contributed by atoms with E-state index in [-0.39, 0.29) is 11.8 Å². The summed E-state index contributed by atoms with van der Waals surface area (Å²) in [7, 11) is 0.759. The third-order valence-corrected chi connectivity index (χ3v) is 7.46. The molecule has 156 valence electrons. The van der Waals surface area contributed by atoms with E-state index in [1.165, 1.54) is 19.3 Å². The Labute approximate surface area is 174 Å². The Morgan fingerprint density at radius 1 is 1.28 bits per heavy atom. The number of nitrogens with zero attached hydrogens (tertiary/aromatic N) is 3. The molecule has 29 heavy (non-hydrogen) atoms. The summed E-state index contributed by atoms with van der Waals surface area (Å²) < 4.78 is 12.7. The maximum absolute atomic E-state index is 12.7. The van der Waals surface area contributed by atoms with Gasteiger partial charge in [0.25, 0.3) is 0 Å². The molecule has 1 atom stereocenters. The van der Waals surface area contributed by atoms with Crippen LogP contribution in [-0.2, 0) is 26.9 Å². The maximum atomic E-state index is 12.7. The first-order valence-corrected chi connectivity index (χ1v) is 11.7. The molecule has 0 spiro atoms. The Morgan fingerprint density at radius 3 is 2.86 bits per heavy atom. The molecule has 1 aromatic carbocycles. The lowest BCUT2D eigenvalue weighted by Gasteiger charge is -2.31. The standard InChI is InChI=1S/C21H28N4O3S/c1-24(16-6-3-2-4-7-16)20(27)8-5-11-29(28)17-9-10-18-15(12-17)13-25-14-19(26)23-21(25)22-18/h9-10,12,16H,2-8,11,13-14H2,1H3,(H,22,23,26). The molecular weight excluding hydrogens is 388 g/mol. The molecule has 4 rings (SSSR count). The van der Waals surface area contributed by atoms with Crippen LogP contribution >= 0.6 is 0 Å². The highest BCUT2D eigenvalue weighted by Crippen LogP contribution is 2.29. The van der Waals surface area contributed by atoms with Crippen LogP contribution < -0.4 is 5.32 Å². The van der Waals surface area contributed by atoms with E-state index in [1.54, 1.807) is 0 Å². The van der Waals surface area contributed by atoms with Crippen molar-refractivity contribution in [3.05, 3.63) is 23.8 Å². The first kappa shape index (κ1) is 20.1. The van der Waals surface area contributed by atoms with Gasteiger partial charge in [0.15, 0.2) is 0 Å². The van der Waals surface area contributed by atoms with E-state index in [9.17, 15) is 13.8 Å². The molecule has 2 aliphatic heterocycles. The van der Waals surface area contributed by atoms with Crippen LogP contribution in [0.25, 0.3) is 0 Å². The Kier molecular flexibility index (Phi) is 5.99. The summed E-state index contributed by atoms with van der Waals surface area (Å²) in [6.45, 7) is 0.894. The number of aliphatic imine (C=N–C) groups is 1. The van der Waals surface area contributed by atoms with E-state index in [0.717, 1.165) is 29.0 Å². The average molecular weight is 417 g/mol. The normalized spacial score (nSPS) is 19.8. The lowest BCUT2D eigenvalue weighted by Crippen LogP contribution is -2.38. The van der Waals surface area contributed by atoms with Gasteiger partial charge in [-0.25, -0.2) is 4.99 Å². The van der Waals surface area contributed by atoms with Crippen LogP contribution in [0.1, 0.15) is 50.5 Å². The van der Waals surface area contributed by atoms with E-state index in [0.29, 0.717) is 43.7 Å². The molecule has 2 fully saturated rings. The number of guanidine groups is 1. The molecule has 2 heterocycles. The first-order valence-electron chi connectivity index (χ1n) is 10.4. The fourth-order valence-corrected chi connectivity index (χ4v) is 5.44. The summed E-state index contributed by atoms with van der Waals surface area (Å²) in [4.78, 5) is 33.0. The summed E-state index contributed by atoms with van der Waals surface area (Å²) in [5, 5.41) is 2.75. The zero-order valence-corrected chi connectivity index (χ0v) is 17.7. The summed E-state index contributed by atoms with van der Waals surface area (Å²) in [5.41, 5.74) is 1.78. The number of benzene rings is 1. The van der Waals surface area contributed by atoms with Gasteiger partial charge >= 0.3 is 0 Å². The van der Waals surface area contributed by atoms with Gasteiger partial charge in [0, 0.05) is 36.7 Å². The Bertz CT molecular complexity index is 863. The molecule has 1 aliphatic carbocycles. The molecule has 7 nitrogen and oxygen atoms in total. The molecule has 1 aromatic rings. The molecule has 0 aromatic heterocycles. The summed E-state index contributed by atoms with van der Waals surface area (Å²) in [5.74, 6) is 1.17. The topological polar surface area (TPSA) is 82.1 Å². The second-order valence-corrected chi connectivity index (χ2v) is 9.65. The van der Waals surface area contributed by atoms with Crippen molar-refractivity contribution in [2.45, 2.75) is 62.4 Å². The molecular formula is C21H28N4O3S. The zero-order valence-electron chi connectivity index (χ0n) is 16.9. The van der Waals surface area contributed by atoms with Crippen LogP contribution in [0.15, 0.2) is 28.1 Å². The highest BCUT2D eigenvalue weighted by Gasteiger charge is 2.29. The lowest BCUT2D eigenvalue weighted by atomic mass is 9.94. The van der Waals surface area contributed by atoms with Gasteiger partial charge in [-0.15, -0.1) is 0 Å². The first-order chi connectivity index (χ1) is 14.0. The predicted molar refractivity (Wildman–Crippen MR) is 112 cm³/mol. The van der Waals surface area contributed by atoms with Crippen molar-refractivity contribution in [3.63, 3.8) is 0 Å². The predicted octanol–water partition coefficient (Wildman–Crippen LogP) is 2.30. The smallest absolute Gasteiger partial charge is 0.246 e. The Morgan fingerprint density at radius 2 is 2.07 bits per heavy atom. The van der Waals surface area contributed by atoms with Crippen molar-refractivity contribution in [3.8, 4) is 0 Å². The van der Waals surface area contributed by atoms with Crippen molar-refractivity contribution >= 4 is 34.3 Å². The van der Waals surface area contributed by atoms with Gasteiger partial charge in [-0.2, -0.15) is 0 Å². The van der Waals surface area contributed by atoms with Crippen LogP contribution in [0.5, 0.6) is 0 Å². The SMILES string of the molecule is CN(C(=O)CCCS(=O)c1ccc2c(c1)CN1CC(=O)NC1=N2)C1CCCCC1. The van der Waals surface area contributed by atoms with E-state index >= 15 is 0 Å². The largest absolute Gasteiger partial charge is 0.343 e. The quantitative estimate of drug-likeness (QED) is 0.771. The van der Waals surface area contributed by atoms with Crippen LogP contribution in [0, 0.1) is 0 Å². The second-order valence-electron chi connectivity index (χ2n) is 8.08. The summed E-state index contributed by atoms with van der Waals surface area (Å²) >= 11 is 0. The maximum Gasteiger partial charge on any atom is 0.246 e. The van der Waals surface area contributed by atoms with Crippen molar-refractivity contribution < 1.29 is 13.8 Å². The van der Waals surface area contributed by atoms with Crippen LogP contribution in [0.4, 0.5) is 5.69 Å². The van der Waals surface area contributed by atoms with E-state index in [4.69, 9.17) is 0 Å². The number of carbonyl (C=O) groups is 2. The molecule has 3 aliphatic rings. The van der Waals surface area contributed by atoms with Gasteiger partial charge < -0.3 is 9.80 Å². The van der Waals surface area contributed by atoms with Gasteiger partial charge in [-0.1, -0.05) is 19.3 Å². The fourth-order valence-electron chi connectivity index (χ4n) is 4.30. The highest BCUT2D eigenvalue weighted by molar-refractivity contribution is 7.85. The minimum Gasteiger partial charge on any atom is -0.343 e. The average Bonchev–Trinajstić information content (AvgIpc) is 3.10. The monoisotopic (exact) mass is 416 g/mol. The molecule has 1 saturated heterocycles. The zero-order chi connectivity index (χ0) is 20.4. The van der Waals surface area contributed by atoms with Crippen molar-refractivity contribution in [1.82, 2.24) is 15.1 Å². The van der Waals surface area contributed by atoms with Crippen LogP contribution in [0.3, 0.4) is 0 Å². The van der Waals surface area contributed by atoms with Gasteiger partial charge in [0.2, 0.25) is 17.8 Å². The third kappa shape index (κ3) is 4.52. The number of amides is 2. The fraction of sp³-hybridized carbons (Fsp3) is 0.571. The van der Waals surface area contributed by atoms with Gasteiger partial charge in [-0.05, 0) is 43.0 Å². The van der Waals surface area contributed by atoms with Gasteiger partial charge in [0.1, 0.15) is 6.54 Å². The molecule has 2 amide bonds. The van der Waals surface area contributed by atoms with Crippen LogP contribution in [-0.4, -0.2) is 57.2 Å². The Balaban J connectivity index is 1.30. The highest BCUT2D eigenvalue weighted by atomic mass is 32.2. The second kappa shape index (κ2) is 8.65. The molecule has 1 unspecified atom stereocenters. The molecule has 8 heteroatoms. The summed E-state index contributed by atoms with van der Waals surface area (Å²) in [6.07, 6.45) is 6.95. The molecule has 1 saturated carbocycles. The van der Waals surface area contributed by atoms with Crippen molar-refractivity contribution in [1.29, 1.82) is 0 Å². The molecule has 1 N–H and O–H groups in total. The number of hydrogen-bond donors (Lipinski definition) is 1. The minimum atomic E-state index is -1.15. The van der Waals surface area contributed by atoms with Crippen LogP contribution in [0.2, 0.25) is 0 Å². The number of carbonyl (C=O) groups excluding carboxylic acids is 2. The van der Waals surface area contributed by atoms with Crippen molar-refractivity contribution in [2.75, 3.05) is 19.3 Å².